The first kappa shape index (κ1) is 19.6. The van der Waals surface area contributed by atoms with Gasteiger partial charge in [0.2, 0.25) is 0 Å². The number of carbonyl (C=O) groups excluding carboxylic acids is 1. The highest BCUT2D eigenvalue weighted by molar-refractivity contribution is 7.20. The van der Waals surface area contributed by atoms with Gasteiger partial charge in [0, 0.05) is 36.3 Å². The molecule has 0 saturated heterocycles. The highest BCUT2D eigenvalue weighted by Gasteiger charge is 2.31. The number of para-hydroxylation sites is 1. The summed E-state index contributed by atoms with van der Waals surface area (Å²) in [5, 5.41) is 11.7. The Bertz CT molecular complexity index is 1550. The molecule has 1 aliphatic heterocycles. The quantitative estimate of drug-likeness (QED) is 0.372. The number of H-pyrrole nitrogens is 2. The highest BCUT2D eigenvalue weighted by Crippen LogP contribution is 2.42. The number of rotatable bonds is 5. The van der Waals surface area contributed by atoms with E-state index in [9.17, 15) is 9.59 Å². The first-order valence-electron chi connectivity index (χ1n) is 10.6. The molecule has 0 fully saturated rings. The van der Waals surface area contributed by atoms with Crippen LogP contribution in [0.2, 0.25) is 0 Å². The fourth-order valence-electron chi connectivity index (χ4n) is 4.45. The van der Waals surface area contributed by atoms with Crippen molar-refractivity contribution in [3.63, 3.8) is 0 Å². The number of amides is 1. The molecule has 4 aromatic heterocycles. The van der Waals surface area contributed by atoms with E-state index in [0.717, 1.165) is 35.2 Å². The van der Waals surface area contributed by atoms with Crippen molar-refractivity contribution in [1.82, 2.24) is 30.5 Å². The van der Waals surface area contributed by atoms with Crippen molar-refractivity contribution in [2.75, 3.05) is 18.0 Å². The normalized spacial score (nSPS) is 15.3. The maximum Gasteiger partial charge on any atom is 0.265 e. The Balaban J connectivity index is 1.19. The second-order valence-corrected chi connectivity index (χ2v) is 8.99. The number of nitrogens with one attached hydrogen (secondary N) is 3. The van der Waals surface area contributed by atoms with Crippen LogP contribution in [0.1, 0.15) is 27.6 Å². The molecule has 33 heavy (non-hydrogen) atoms. The van der Waals surface area contributed by atoms with E-state index in [-0.39, 0.29) is 17.4 Å². The second-order valence-electron chi connectivity index (χ2n) is 7.94. The molecule has 1 unspecified atom stereocenters. The van der Waals surface area contributed by atoms with Gasteiger partial charge in [0.15, 0.2) is 5.65 Å². The van der Waals surface area contributed by atoms with Gasteiger partial charge in [0.25, 0.3) is 11.5 Å². The van der Waals surface area contributed by atoms with E-state index < -0.39 is 0 Å². The van der Waals surface area contributed by atoms with Gasteiger partial charge in [-0.15, -0.1) is 11.3 Å². The molecule has 0 spiro atoms. The summed E-state index contributed by atoms with van der Waals surface area (Å²) in [6.07, 6.45) is 5.67. The van der Waals surface area contributed by atoms with Gasteiger partial charge in [-0.3, -0.25) is 14.7 Å². The fraction of sp³-hybridized carbons (Fsp3) is 0.174. The van der Waals surface area contributed by atoms with Gasteiger partial charge in [0.1, 0.15) is 16.8 Å². The summed E-state index contributed by atoms with van der Waals surface area (Å²) in [7, 11) is 0. The lowest BCUT2D eigenvalue weighted by molar-refractivity contribution is 0.0956. The number of anilines is 2. The zero-order valence-corrected chi connectivity index (χ0v) is 18.2. The van der Waals surface area contributed by atoms with E-state index in [1.165, 1.54) is 16.9 Å². The lowest BCUT2D eigenvalue weighted by atomic mass is 9.98. The van der Waals surface area contributed by atoms with E-state index in [2.05, 4.69) is 47.5 Å². The number of aromatic amines is 2. The smallest absolute Gasteiger partial charge is 0.265 e. The van der Waals surface area contributed by atoms with Crippen LogP contribution in [0.3, 0.4) is 0 Å². The molecule has 0 bridgehead atoms. The highest BCUT2D eigenvalue weighted by atomic mass is 32.1. The fourth-order valence-corrected chi connectivity index (χ4v) is 5.42. The van der Waals surface area contributed by atoms with Crippen molar-refractivity contribution in [3.8, 4) is 0 Å². The summed E-state index contributed by atoms with van der Waals surface area (Å²) in [6.45, 7) is 1.28. The minimum Gasteiger partial charge on any atom is -0.351 e. The maximum atomic E-state index is 12.7. The number of hydrogen-bond acceptors (Lipinski definition) is 7. The summed E-state index contributed by atoms with van der Waals surface area (Å²) in [5.74, 6) is 0.904. The molecule has 10 heteroatoms. The molecule has 0 aliphatic carbocycles. The molecule has 164 valence electrons. The average molecular weight is 458 g/mol. The first-order chi connectivity index (χ1) is 16.2. The van der Waals surface area contributed by atoms with Crippen molar-refractivity contribution in [2.45, 2.75) is 12.3 Å². The number of fused-ring (bicyclic) bond motifs is 3. The molecule has 6 rings (SSSR count). The zero-order chi connectivity index (χ0) is 22.4. The molecule has 3 N–H and O–H groups in total. The Labute approximate surface area is 191 Å². The lowest BCUT2D eigenvalue weighted by Crippen LogP contribution is -2.26. The first-order valence-corrected chi connectivity index (χ1v) is 11.4. The Morgan fingerprint density at radius 3 is 3.06 bits per heavy atom. The van der Waals surface area contributed by atoms with Crippen LogP contribution in [-0.4, -0.2) is 44.1 Å². The third-order valence-electron chi connectivity index (χ3n) is 6.00. The molecule has 1 aliphatic rings. The van der Waals surface area contributed by atoms with Gasteiger partial charge in [-0.05, 0) is 30.2 Å². The third kappa shape index (κ3) is 3.35. The second kappa shape index (κ2) is 7.82. The van der Waals surface area contributed by atoms with Crippen LogP contribution in [0, 0.1) is 0 Å². The molecular formula is C23H19N7O2S. The molecule has 9 nitrogen and oxygen atoms in total. The number of carbonyl (C=O) groups is 1. The van der Waals surface area contributed by atoms with Crippen LogP contribution in [0.5, 0.6) is 0 Å². The molecule has 0 radical (unpaired) electrons. The van der Waals surface area contributed by atoms with E-state index in [1.807, 2.05) is 12.1 Å². The SMILES string of the molecule is O=C(NCCC1CN(c2ncnc3[nH]ncc23)c2ccccc21)c1cc2cc[nH]c(=O)c2s1. The summed E-state index contributed by atoms with van der Waals surface area (Å²) in [6, 6.07) is 11.9. The van der Waals surface area contributed by atoms with Gasteiger partial charge in [-0.2, -0.15) is 5.10 Å². The molecule has 1 atom stereocenters. The number of thiophene rings is 1. The molecular weight excluding hydrogens is 438 g/mol. The van der Waals surface area contributed by atoms with Crippen molar-refractivity contribution < 1.29 is 4.79 Å². The number of hydrogen-bond donors (Lipinski definition) is 3. The largest absolute Gasteiger partial charge is 0.351 e. The van der Waals surface area contributed by atoms with Crippen molar-refractivity contribution in [1.29, 1.82) is 0 Å². The van der Waals surface area contributed by atoms with Crippen molar-refractivity contribution >= 4 is 49.9 Å². The summed E-state index contributed by atoms with van der Waals surface area (Å²) in [4.78, 5) is 38.8. The van der Waals surface area contributed by atoms with E-state index in [1.54, 1.807) is 30.9 Å². The minimum absolute atomic E-state index is 0.158. The molecule has 5 aromatic rings. The van der Waals surface area contributed by atoms with E-state index in [4.69, 9.17) is 0 Å². The van der Waals surface area contributed by atoms with Gasteiger partial charge in [-0.1, -0.05) is 18.2 Å². The van der Waals surface area contributed by atoms with Gasteiger partial charge in [0.05, 0.1) is 16.5 Å². The van der Waals surface area contributed by atoms with Crippen LogP contribution in [0.25, 0.3) is 21.1 Å². The van der Waals surface area contributed by atoms with Crippen molar-refractivity contribution in [3.05, 3.63) is 75.9 Å². The van der Waals surface area contributed by atoms with Gasteiger partial charge >= 0.3 is 0 Å². The van der Waals surface area contributed by atoms with Crippen LogP contribution in [-0.2, 0) is 0 Å². The predicted octanol–water partition coefficient (Wildman–Crippen LogP) is 3.31. The minimum atomic E-state index is -0.171. The molecule has 0 saturated carbocycles. The summed E-state index contributed by atoms with van der Waals surface area (Å²) < 4.78 is 0.568. The molecule has 1 aromatic carbocycles. The van der Waals surface area contributed by atoms with Crippen LogP contribution in [0.15, 0.2) is 59.9 Å². The average Bonchev–Trinajstić information content (AvgIpc) is 3.56. The predicted molar refractivity (Wildman–Crippen MR) is 127 cm³/mol. The van der Waals surface area contributed by atoms with Gasteiger partial charge < -0.3 is 15.2 Å². The summed E-state index contributed by atoms with van der Waals surface area (Å²) >= 11 is 1.22. The lowest BCUT2D eigenvalue weighted by Gasteiger charge is -2.19. The van der Waals surface area contributed by atoms with Crippen LogP contribution in [0.4, 0.5) is 11.5 Å². The standard InChI is InChI=1S/C23H19N7O2S/c31-22(18-9-13-5-7-25-23(32)19(13)33-18)24-8-6-14-11-30(17-4-2-1-3-15(14)17)21-16-10-28-29-20(16)26-12-27-21/h1-5,7,9-10,12,14H,6,8,11H2,(H,24,31)(H,25,32)(H,26,27,28,29). The topological polar surface area (TPSA) is 120 Å². The van der Waals surface area contributed by atoms with Crippen LogP contribution < -0.4 is 15.8 Å². The Hall–Kier alpha value is -4.05. The number of pyridine rings is 1. The molecule has 1 amide bonds. The van der Waals surface area contributed by atoms with Crippen molar-refractivity contribution in [2.24, 2.45) is 0 Å². The van der Waals surface area contributed by atoms with Gasteiger partial charge in [-0.25, -0.2) is 9.97 Å². The van der Waals surface area contributed by atoms with E-state index in [0.29, 0.717) is 21.8 Å². The van der Waals surface area contributed by atoms with E-state index >= 15 is 0 Å². The third-order valence-corrected chi connectivity index (χ3v) is 7.15. The molecule has 5 heterocycles. The number of benzene rings is 1. The Morgan fingerprint density at radius 1 is 1.24 bits per heavy atom. The monoisotopic (exact) mass is 457 g/mol. The number of aromatic nitrogens is 5. The van der Waals surface area contributed by atoms with Crippen LogP contribution >= 0.6 is 11.3 Å². The number of nitrogens with zero attached hydrogens (tertiary/aromatic N) is 4. The maximum absolute atomic E-state index is 12.7. The Morgan fingerprint density at radius 2 is 2.15 bits per heavy atom. The summed E-state index contributed by atoms with van der Waals surface area (Å²) in [5.41, 5.74) is 2.88. The zero-order valence-electron chi connectivity index (χ0n) is 17.4. The Kier molecular flexibility index (Phi) is 4.65.